The Morgan fingerprint density at radius 3 is 2.43 bits per heavy atom. The zero-order valence-corrected chi connectivity index (χ0v) is 20.5. The average molecular weight is 511 g/mol. The number of hydrogen-bond acceptors (Lipinski definition) is 8. The number of carbonyl (C=O) groups excluding carboxylic acids is 3. The van der Waals surface area contributed by atoms with Gasteiger partial charge >= 0.3 is 5.97 Å². The molecule has 4 rings (SSSR count). The Labute approximate surface area is 213 Å². The van der Waals surface area contributed by atoms with Crippen molar-refractivity contribution in [1.29, 1.82) is 0 Å². The second-order valence-corrected chi connectivity index (χ2v) is 8.21. The van der Waals surface area contributed by atoms with E-state index in [9.17, 15) is 18.8 Å². The van der Waals surface area contributed by atoms with Crippen LogP contribution >= 0.6 is 0 Å². The highest BCUT2D eigenvalue weighted by Crippen LogP contribution is 2.29. The normalized spacial score (nSPS) is 18.7. The average Bonchev–Trinajstić information content (AvgIpc) is 2.90. The molecule has 0 radical (unpaired) electrons. The number of methoxy groups -OCH3 is 1. The van der Waals surface area contributed by atoms with E-state index in [1.165, 1.54) is 24.1 Å². The molecule has 2 N–H and O–H groups in total. The lowest BCUT2D eigenvalue weighted by Gasteiger charge is -2.31. The van der Waals surface area contributed by atoms with E-state index in [2.05, 4.69) is 4.99 Å². The van der Waals surface area contributed by atoms with Gasteiger partial charge in [0.2, 0.25) is 0 Å². The van der Waals surface area contributed by atoms with Crippen LogP contribution in [0.25, 0.3) is 0 Å². The smallest absolute Gasteiger partial charge is 0.354 e. The number of hydrogen-bond donors (Lipinski definition) is 1. The van der Waals surface area contributed by atoms with E-state index >= 15 is 0 Å². The number of aliphatic imine (C=N–C) groups is 1. The molecule has 2 amide bonds. The molecule has 2 aromatic rings. The van der Waals surface area contributed by atoms with Crippen LogP contribution in [0.1, 0.15) is 13.3 Å². The second kappa shape index (κ2) is 11.2. The van der Waals surface area contributed by atoms with Crippen LogP contribution < -0.4 is 20.3 Å². The van der Waals surface area contributed by atoms with Gasteiger partial charge < -0.3 is 29.7 Å². The minimum atomic E-state index is -0.758. The number of halogens is 1. The Balaban J connectivity index is 1.69. The molecule has 2 aliphatic heterocycles. The number of anilines is 2. The summed E-state index contributed by atoms with van der Waals surface area (Å²) in [6, 6.07) is 11.0. The van der Waals surface area contributed by atoms with Gasteiger partial charge in [0.15, 0.2) is 11.6 Å². The maximum Gasteiger partial charge on any atom is 0.354 e. The van der Waals surface area contributed by atoms with Crippen molar-refractivity contribution in [3.63, 3.8) is 0 Å². The van der Waals surface area contributed by atoms with Crippen molar-refractivity contribution in [1.82, 2.24) is 0 Å². The number of amides is 2. The van der Waals surface area contributed by atoms with Gasteiger partial charge in [-0.25, -0.2) is 14.2 Å². The van der Waals surface area contributed by atoms with Gasteiger partial charge in [0, 0.05) is 36.1 Å². The molecule has 2 heterocycles. The maximum atomic E-state index is 14.3. The minimum Gasteiger partial charge on any atom is -0.494 e. The third kappa shape index (κ3) is 5.46. The first kappa shape index (κ1) is 25.8. The van der Waals surface area contributed by atoms with Crippen molar-refractivity contribution >= 4 is 40.6 Å². The molecule has 11 heteroatoms. The highest BCUT2D eigenvalue weighted by molar-refractivity contribution is 6.51. The number of benzene rings is 2. The molecule has 37 heavy (non-hydrogen) atoms. The number of morpholine rings is 1. The van der Waals surface area contributed by atoms with Gasteiger partial charge in [0.1, 0.15) is 18.0 Å². The molecule has 2 aliphatic rings. The largest absolute Gasteiger partial charge is 0.494 e. The lowest BCUT2D eigenvalue weighted by atomic mass is 9.97. The van der Waals surface area contributed by atoms with Crippen molar-refractivity contribution < 1.29 is 33.0 Å². The number of rotatable bonds is 6. The number of esters is 1. The molecule has 0 aliphatic carbocycles. The summed E-state index contributed by atoms with van der Waals surface area (Å²) in [5.41, 5.74) is 7.40. The Morgan fingerprint density at radius 2 is 1.81 bits per heavy atom. The monoisotopic (exact) mass is 510 g/mol. The highest BCUT2D eigenvalue weighted by atomic mass is 19.1. The molecule has 0 bridgehead atoms. The molecule has 0 atom stereocenters. The van der Waals surface area contributed by atoms with Gasteiger partial charge in [-0.15, -0.1) is 0 Å². The highest BCUT2D eigenvalue weighted by Gasteiger charge is 2.33. The molecule has 0 aromatic heterocycles. The zero-order chi connectivity index (χ0) is 26.5. The van der Waals surface area contributed by atoms with Crippen LogP contribution in [0, 0.1) is 5.82 Å². The molecular weight excluding hydrogens is 483 g/mol. The van der Waals surface area contributed by atoms with E-state index in [1.807, 2.05) is 0 Å². The number of ether oxygens (including phenoxy) is 3. The number of nitrogens with two attached hydrogens (primary N) is 1. The summed E-state index contributed by atoms with van der Waals surface area (Å²) in [6.45, 7) is 2.89. The third-order valence-corrected chi connectivity index (χ3v) is 5.97. The fraction of sp³-hybridized carbons (Fsp3) is 0.308. The number of nitrogens with zero attached hydrogens (tertiary/aromatic N) is 3. The van der Waals surface area contributed by atoms with Crippen molar-refractivity contribution in [2.24, 2.45) is 10.7 Å². The van der Waals surface area contributed by atoms with Crippen molar-refractivity contribution in [3.05, 3.63) is 59.6 Å². The van der Waals surface area contributed by atoms with Crippen LogP contribution in [0.15, 0.2) is 58.7 Å². The molecule has 2 aromatic carbocycles. The van der Waals surface area contributed by atoms with Crippen molar-refractivity contribution in [3.8, 4) is 5.75 Å². The second-order valence-electron chi connectivity index (χ2n) is 8.21. The van der Waals surface area contributed by atoms with E-state index in [0.29, 0.717) is 24.5 Å². The lowest BCUT2D eigenvalue weighted by Crippen LogP contribution is -2.44. The first-order chi connectivity index (χ1) is 17.8. The number of carbonyl (C=O) groups is 3. The molecule has 0 unspecified atom stereocenters. The first-order valence-electron chi connectivity index (χ1n) is 11.7. The van der Waals surface area contributed by atoms with E-state index < -0.39 is 17.7 Å². The molecule has 2 saturated heterocycles. The van der Waals surface area contributed by atoms with Gasteiger partial charge in [-0.3, -0.25) is 9.59 Å². The SMILES string of the molecule is CCOC(=O)C(N)=C1CCN(c2ccc(N3CCOCC3=O)cc2)C(=O)C1=Nc1ccc(OC)c(F)c1. The third-order valence-electron chi connectivity index (χ3n) is 5.97. The summed E-state index contributed by atoms with van der Waals surface area (Å²) < 4.78 is 29.4. The van der Waals surface area contributed by atoms with Crippen LogP contribution in [0.2, 0.25) is 0 Å². The minimum absolute atomic E-state index is 0.0230. The Morgan fingerprint density at radius 1 is 1.11 bits per heavy atom. The van der Waals surface area contributed by atoms with Gasteiger partial charge in [0.05, 0.1) is 26.0 Å². The fourth-order valence-corrected chi connectivity index (χ4v) is 4.11. The van der Waals surface area contributed by atoms with Crippen LogP contribution in [0.5, 0.6) is 5.75 Å². The summed E-state index contributed by atoms with van der Waals surface area (Å²) in [5.74, 6) is -2.03. The summed E-state index contributed by atoms with van der Waals surface area (Å²) in [7, 11) is 1.34. The molecule has 194 valence electrons. The van der Waals surface area contributed by atoms with Crippen LogP contribution in [-0.2, 0) is 23.9 Å². The predicted octanol–water partition coefficient (Wildman–Crippen LogP) is 2.48. The van der Waals surface area contributed by atoms with Crippen molar-refractivity contribution in [2.45, 2.75) is 13.3 Å². The van der Waals surface area contributed by atoms with Gasteiger partial charge in [0.25, 0.3) is 11.8 Å². The fourth-order valence-electron chi connectivity index (χ4n) is 4.11. The molecular formula is C26H27FN4O6. The van der Waals surface area contributed by atoms with Crippen LogP contribution in [0.4, 0.5) is 21.5 Å². The van der Waals surface area contributed by atoms with Crippen LogP contribution in [0.3, 0.4) is 0 Å². The van der Waals surface area contributed by atoms with Gasteiger partial charge in [-0.05, 0) is 49.7 Å². The quantitative estimate of drug-likeness (QED) is 0.468. The van der Waals surface area contributed by atoms with E-state index in [1.54, 1.807) is 36.1 Å². The van der Waals surface area contributed by atoms with Gasteiger partial charge in [-0.1, -0.05) is 0 Å². The van der Waals surface area contributed by atoms with E-state index in [0.717, 1.165) is 6.07 Å². The summed E-state index contributed by atoms with van der Waals surface area (Å²) in [4.78, 5) is 45.6. The first-order valence-corrected chi connectivity index (χ1v) is 11.7. The Bertz CT molecular complexity index is 1270. The van der Waals surface area contributed by atoms with Crippen molar-refractivity contribution in [2.75, 3.05) is 49.8 Å². The Kier molecular flexibility index (Phi) is 7.83. The number of piperidine rings is 1. The predicted molar refractivity (Wildman–Crippen MR) is 134 cm³/mol. The summed E-state index contributed by atoms with van der Waals surface area (Å²) in [6.07, 6.45) is 0.220. The zero-order valence-electron chi connectivity index (χ0n) is 20.5. The standard InChI is InChI=1S/C26H27FN4O6/c1-3-37-26(34)23(28)19-10-11-31(18-7-5-17(6-8-18)30-12-13-36-15-22(30)32)25(33)24(19)29-16-4-9-21(35-2)20(27)14-16/h4-9,14H,3,10-13,15,28H2,1-2H3. The van der Waals surface area contributed by atoms with E-state index in [4.69, 9.17) is 19.9 Å². The van der Waals surface area contributed by atoms with Gasteiger partial charge in [-0.2, -0.15) is 0 Å². The van der Waals surface area contributed by atoms with Crippen LogP contribution in [-0.4, -0.2) is 63.5 Å². The summed E-state index contributed by atoms with van der Waals surface area (Å²) in [5, 5.41) is 0. The topological polar surface area (TPSA) is 124 Å². The maximum absolute atomic E-state index is 14.3. The molecule has 2 fully saturated rings. The Hall–Kier alpha value is -4.25. The molecule has 0 saturated carbocycles. The summed E-state index contributed by atoms with van der Waals surface area (Å²) >= 11 is 0. The molecule has 10 nitrogen and oxygen atoms in total. The molecule has 0 spiro atoms. The van der Waals surface area contributed by atoms with E-state index in [-0.39, 0.29) is 60.5 Å². The lowest BCUT2D eigenvalue weighted by molar-refractivity contribution is -0.138.